The van der Waals surface area contributed by atoms with Crippen LogP contribution >= 0.6 is 0 Å². The average molecular weight is 346 g/mol. The average Bonchev–Trinajstić information content (AvgIpc) is 3.03. The van der Waals surface area contributed by atoms with E-state index in [0.29, 0.717) is 18.6 Å². The van der Waals surface area contributed by atoms with E-state index in [0.717, 1.165) is 51.2 Å². The first-order valence-corrected chi connectivity index (χ1v) is 9.42. The number of carbonyl (C=O) groups excluding carboxylic acids is 1. The predicted octanol–water partition coefficient (Wildman–Crippen LogP) is 1.52. The lowest BCUT2D eigenvalue weighted by Gasteiger charge is -2.35. The van der Waals surface area contributed by atoms with E-state index in [1.54, 1.807) is 12.4 Å². The molecule has 0 unspecified atom stereocenters. The number of nitrogens with one attached hydrogen (secondary N) is 1. The molecule has 2 aliphatic heterocycles. The molecule has 0 saturated carbocycles. The molecule has 3 heterocycles. The molecule has 138 valence electrons. The fraction of sp³-hybridized carbons (Fsp3) is 0.684. The predicted molar refractivity (Wildman–Crippen MR) is 97.6 cm³/mol. The standard InChI is InChI=1S/C19H30N4O2/c1-15(2)23-11-5-16(6-12-23)21-19(24)14-22-10-7-18(13-22)25-17-3-8-20-9-4-17/h3-4,8-9,15-16,18H,5-7,10-14H2,1-2H3,(H,21,24)/t18-/m1/s1. The summed E-state index contributed by atoms with van der Waals surface area (Å²) in [5, 5.41) is 3.21. The first-order chi connectivity index (χ1) is 12.1. The number of hydrogen-bond donors (Lipinski definition) is 1. The lowest BCUT2D eigenvalue weighted by molar-refractivity contribution is -0.123. The van der Waals surface area contributed by atoms with Crippen LogP contribution in [0.3, 0.4) is 0 Å². The van der Waals surface area contributed by atoms with E-state index in [9.17, 15) is 4.79 Å². The molecule has 3 rings (SSSR count). The minimum absolute atomic E-state index is 0.146. The summed E-state index contributed by atoms with van der Waals surface area (Å²) >= 11 is 0. The van der Waals surface area contributed by atoms with E-state index >= 15 is 0 Å². The van der Waals surface area contributed by atoms with Gasteiger partial charge in [-0.2, -0.15) is 0 Å². The van der Waals surface area contributed by atoms with Crippen LogP contribution in [-0.2, 0) is 4.79 Å². The quantitative estimate of drug-likeness (QED) is 0.846. The first-order valence-electron chi connectivity index (χ1n) is 9.42. The lowest BCUT2D eigenvalue weighted by Crippen LogP contribution is -2.48. The van der Waals surface area contributed by atoms with Crippen molar-refractivity contribution in [3.8, 4) is 5.75 Å². The van der Waals surface area contributed by atoms with Crippen LogP contribution in [0.4, 0.5) is 0 Å². The van der Waals surface area contributed by atoms with Crippen molar-refractivity contribution in [2.45, 2.75) is 51.3 Å². The third kappa shape index (κ3) is 5.41. The van der Waals surface area contributed by atoms with Gasteiger partial charge in [0.15, 0.2) is 0 Å². The Kier molecular flexibility index (Phi) is 6.26. The van der Waals surface area contributed by atoms with Crippen LogP contribution in [0.5, 0.6) is 5.75 Å². The zero-order valence-corrected chi connectivity index (χ0v) is 15.4. The normalized spacial score (nSPS) is 23.1. The van der Waals surface area contributed by atoms with Gasteiger partial charge < -0.3 is 15.0 Å². The third-order valence-corrected chi connectivity index (χ3v) is 5.17. The third-order valence-electron chi connectivity index (χ3n) is 5.17. The summed E-state index contributed by atoms with van der Waals surface area (Å²) in [4.78, 5) is 21.0. The summed E-state index contributed by atoms with van der Waals surface area (Å²) in [6, 6.07) is 4.67. The molecule has 1 atom stereocenters. The molecule has 1 amide bonds. The molecule has 0 radical (unpaired) electrons. The number of aromatic nitrogens is 1. The highest BCUT2D eigenvalue weighted by molar-refractivity contribution is 5.78. The Morgan fingerprint density at radius 3 is 2.64 bits per heavy atom. The molecule has 2 aliphatic rings. The minimum Gasteiger partial charge on any atom is -0.489 e. The number of pyridine rings is 1. The van der Waals surface area contributed by atoms with Crippen molar-refractivity contribution in [1.82, 2.24) is 20.1 Å². The first kappa shape index (κ1) is 18.1. The van der Waals surface area contributed by atoms with E-state index in [-0.39, 0.29) is 12.0 Å². The van der Waals surface area contributed by atoms with Gasteiger partial charge in [0.05, 0.1) is 6.54 Å². The molecule has 0 spiro atoms. The summed E-state index contributed by atoms with van der Waals surface area (Å²) in [5.41, 5.74) is 0. The Balaban J connectivity index is 1.36. The zero-order valence-electron chi connectivity index (χ0n) is 15.4. The van der Waals surface area contributed by atoms with Crippen LogP contribution in [0.25, 0.3) is 0 Å². The molecule has 1 aromatic rings. The van der Waals surface area contributed by atoms with Gasteiger partial charge >= 0.3 is 0 Å². The maximum atomic E-state index is 12.3. The minimum atomic E-state index is 0.146. The van der Waals surface area contributed by atoms with E-state index < -0.39 is 0 Å². The number of hydrogen-bond acceptors (Lipinski definition) is 5. The van der Waals surface area contributed by atoms with Crippen molar-refractivity contribution in [1.29, 1.82) is 0 Å². The van der Waals surface area contributed by atoms with Gasteiger partial charge in [0, 0.05) is 50.7 Å². The second kappa shape index (κ2) is 8.63. The van der Waals surface area contributed by atoms with Crippen LogP contribution < -0.4 is 10.1 Å². The van der Waals surface area contributed by atoms with Gasteiger partial charge in [0.2, 0.25) is 5.91 Å². The highest BCUT2D eigenvalue weighted by atomic mass is 16.5. The van der Waals surface area contributed by atoms with Crippen LogP contribution in [0.2, 0.25) is 0 Å². The number of amides is 1. The molecule has 1 N–H and O–H groups in total. The summed E-state index contributed by atoms with van der Waals surface area (Å²) in [6.45, 7) is 8.81. The zero-order chi connectivity index (χ0) is 17.6. The Bertz CT molecular complexity index is 544. The Hall–Kier alpha value is -1.66. The molecule has 2 fully saturated rings. The summed E-state index contributed by atoms with van der Waals surface area (Å²) in [7, 11) is 0. The van der Waals surface area contributed by atoms with Crippen molar-refractivity contribution in [2.75, 3.05) is 32.7 Å². The molecule has 1 aromatic heterocycles. The SMILES string of the molecule is CC(C)N1CCC(NC(=O)CN2CC[C@@H](Oc3ccncc3)C2)CC1. The van der Waals surface area contributed by atoms with Crippen LogP contribution in [0.15, 0.2) is 24.5 Å². The van der Waals surface area contributed by atoms with Gasteiger partial charge in [0.25, 0.3) is 0 Å². The molecule has 0 aromatic carbocycles. The van der Waals surface area contributed by atoms with Crippen LogP contribution in [0.1, 0.15) is 33.1 Å². The highest BCUT2D eigenvalue weighted by Crippen LogP contribution is 2.17. The maximum absolute atomic E-state index is 12.3. The topological polar surface area (TPSA) is 57.7 Å². The maximum Gasteiger partial charge on any atom is 0.234 e. The lowest BCUT2D eigenvalue weighted by atomic mass is 10.0. The Labute approximate surface area is 150 Å². The van der Waals surface area contributed by atoms with Crippen molar-refractivity contribution in [3.05, 3.63) is 24.5 Å². The van der Waals surface area contributed by atoms with Crippen LogP contribution in [-0.4, -0.2) is 71.6 Å². The van der Waals surface area contributed by atoms with E-state index in [4.69, 9.17) is 4.74 Å². The number of nitrogens with zero attached hydrogens (tertiary/aromatic N) is 3. The molecule has 2 saturated heterocycles. The summed E-state index contributed by atoms with van der Waals surface area (Å²) in [6.07, 6.45) is 6.70. The molecular weight excluding hydrogens is 316 g/mol. The fourth-order valence-corrected chi connectivity index (χ4v) is 3.68. The van der Waals surface area contributed by atoms with E-state index in [2.05, 4.69) is 33.9 Å². The van der Waals surface area contributed by atoms with Gasteiger partial charge in [-0.3, -0.25) is 14.7 Å². The number of rotatable bonds is 6. The van der Waals surface area contributed by atoms with Gasteiger partial charge in [-0.15, -0.1) is 0 Å². The molecule has 6 nitrogen and oxygen atoms in total. The second-order valence-electron chi connectivity index (χ2n) is 7.42. The van der Waals surface area contributed by atoms with E-state index in [1.807, 2.05) is 12.1 Å². The van der Waals surface area contributed by atoms with Crippen molar-refractivity contribution < 1.29 is 9.53 Å². The van der Waals surface area contributed by atoms with Crippen LogP contribution in [0, 0.1) is 0 Å². The fourth-order valence-electron chi connectivity index (χ4n) is 3.68. The van der Waals surface area contributed by atoms with Crippen molar-refractivity contribution >= 4 is 5.91 Å². The number of carbonyl (C=O) groups is 1. The highest BCUT2D eigenvalue weighted by Gasteiger charge is 2.27. The molecule has 25 heavy (non-hydrogen) atoms. The second-order valence-corrected chi connectivity index (χ2v) is 7.42. The van der Waals surface area contributed by atoms with Gasteiger partial charge in [-0.05, 0) is 45.2 Å². The molecule has 0 aliphatic carbocycles. The van der Waals surface area contributed by atoms with Gasteiger partial charge in [0.1, 0.15) is 11.9 Å². The van der Waals surface area contributed by atoms with Crippen molar-refractivity contribution in [2.24, 2.45) is 0 Å². The molecule has 0 bridgehead atoms. The Morgan fingerprint density at radius 2 is 1.96 bits per heavy atom. The van der Waals surface area contributed by atoms with E-state index in [1.165, 1.54) is 0 Å². The number of piperidine rings is 1. The monoisotopic (exact) mass is 346 g/mol. The number of likely N-dealkylation sites (tertiary alicyclic amines) is 2. The summed E-state index contributed by atoms with van der Waals surface area (Å²) < 4.78 is 5.95. The summed E-state index contributed by atoms with van der Waals surface area (Å²) in [5.74, 6) is 0.996. The molecular formula is C19H30N4O2. The van der Waals surface area contributed by atoms with Gasteiger partial charge in [-0.25, -0.2) is 0 Å². The largest absolute Gasteiger partial charge is 0.489 e. The van der Waals surface area contributed by atoms with Crippen molar-refractivity contribution in [3.63, 3.8) is 0 Å². The Morgan fingerprint density at radius 1 is 1.24 bits per heavy atom. The number of ether oxygens (including phenoxy) is 1. The smallest absolute Gasteiger partial charge is 0.234 e. The molecule has 6 heteroatoms. The van der Waals surface area contributed by atoms with Gasteiger partial charge in [-0.1, -0.05) is 0 Å².